The molecular formula is C15H11F3N2O3S. The van der Waals surface area contributed by atoms with Gasteiger partial charge in [0.05, 0.1) is 11.1 Å². The molecule has 1 heterocycles. The van der Waals surface area contributed by atoms with E-state index in [1.54, 1.807) is 6.07 Å². The molecule has 0 amide bonds. The average Bonchev–Trinajstić information content (AvgIpc) is 2.90. The predicted molar refractivity (Wildman–Crippen MR) is 81.8 cm³/mol. The lowest BCUT2D eigenvalue weighted by Crippen LogP contribution is -2.11. The van der Waals surface area contributed by atoms with E-state index in [9.17, 15) is 26.7 Å². The van der Waals surface area contributed by atoms with Crippen LogP contribution >= 0.6 is 0 Å². The number of rotatable bonds is 2. The third-order valence-electron chi connectivity index (χ3n) is 3.60. The van der Waals surface area contributed by atoms with E-state index in [2.05, 4.69) is 4.98 Å². The summed E-state index contributed by atoms with van der Waals surface area (Å²) in [5.74, 6) is -0.566. The third kappa shape index (κ3) is 2.72. The van der Waals surface area contributed by atoms with Crippen LogP contribution in [0.3, 0.4) is 0 Å². The Bertz CT molecular complexity index is 1040. The summed E-state index contributed by atoms with van der Waals surface area (Å²) in [6.07, 6.45) is -3.38. The summed E-state index contributed by atoms with van der Waals surface area (Å²) in [4.78, 5) is 2.61. The highest BCUT2D eigenvalue weighted by Gasteiger charge is 2.31. The van der Waals surface area contributed by atoms with Crippen LogP contribution in [-0.2, 0) is 16.2 Å². The van der Waals surface area contributed by atoms with Crippen LogP contribution in [0.25, 0.3) is 22.0 Å². The standard InChI is InChI=1S/C15H11F3N2O3S/c16-15(17,18)8-4-5-9(12(21)6-8)10-2-1-3-11-13(24(19,22)23)7-20-14(10)11/h1-7,20-21H,(H2,19,22,23). The van der Waals surface area contributed by atoms with Crippen LogP contribution in [0.1, 0.15) is 5.56 Å². The van der Waals surface area contributed by atoms with Crippen LogP contribution in [0.4, 0.5) is 13.2 Å². The Labute approximate surface area is 134 Å². The van der Waals surface area contributed by atoms with Gasteiger partial charge in [0.2, 0.25) is 10.0 Å². The Morgan fingerprint density at radius 1 is 1.08 bits per heavy atom. The summed E-state index contributed by atoms with van der Waals surface area (Å²) in [6, 6.07) is 7.18. The van der Waals surface area contributed by atoms with E-state index in [0.29, 0.717) is 17.1 Å². The minimum atomic E-state index is -4.57. The largest absolute Gasteiger partial charge is 0.507 e. The van der Waals surface area contributed by atoms with Gasteiger partial charge in [0, 0.05) is 22.7 Å². The summed E-state index contributed by atoms with van der Waals surface area (Å²) in [5, 5.41) is 15.4. The number of halogens is 3. The van der Waals surface area contributed by atoms with Gasteiger partial charge in [-0.05, 0) is 18.2 Å². The van der Waals surface area contributed by atoms with Crippen molar-refractivity contribution in [3.63, 3.8) is 0 Å². The van der Waals surface area contributed by atoms with Crippen LogP contribution in [0.2, 0.25) is 0 Å². The van der Waals surface area contributed by atoms with E-state index in [0.717, 1.165) is 12.1 Å². The number of fused-ring (bicyclic) bond motifs is 1. The van der Waals surface area contributed by atoms with E-state index in [1.807, 2.05) is 0 Å². The lowest BCUT2D eigenvalue weighted by molar-refractivity contribution is -0.137. The number of hydrogen-bond donors (Lipinski definition) is 3. The van der Waals surface area contributed by atoms with Crippen molar-refractivity contribution in [2.24, 2.45) is 5.14 Å². The molecule has 0 atom stereocenters. The zero-order valence-electron chi connectivity index (χ0n) is 11.9. The molecule has 5 nitrogen and oxygen atoms in total. The van der Waals surface area contributed by atoms with E-state index >= 15 is 0 Å². The number of para-hydroxylation sites is 1. The molecule has 24 heavy (non-hydrogen) atoms. The second-order valence-electron chi connectivity index (χ2n) is 5.16. The molecule has 0 unspecified atom stereocenters. The minimum absolute atomic E-state index is 0.134. The highest BCUT2D eigenvalue weighted by Crippen LogP contribution is 2.39. The zero-order chi connectivity index (χ0) is 17.7. The number of benzene rings is 2. The maximum atomic E-state index is 12.7. The highest BCUT2D eigenvalue weighted by molar-refractivity contribution is 7.89. The monoisotopic (exact) mass is 356 g/mol. The molecule has 3 aromatic rings. The van der Waals surface area contributed by atoms with Crippen LogP contribution < -0.4 is 5.14 Å². The Balaban J connectivity index is 2.23. The molecule has 126 valence electrons. The second-order valence-corrected chi connectivity index (χ2v) is 6.69. The number of primary sulfonamides is 1. The predicted octanol–water partition coefficient (Wildman–Crippen LogP) is 3.21. The number of aromatic nitrogens is 1. The van der Waals surface area contributed by atoms with Gasteiger partial charge in [-0.25, -0.2) is 13.6 Å². The van der Waals surface area contributed by atoms with Crippen molar-refractivity contribution in [1.82, 2.24) is 4.98 Å². The first-order valence-electron chi connectivity index (χ1n) is 6.62. The second kappa shape index (κ2) is 5.25. The molecule has 0 aliphatic heterocycles. The number of hydrogen-bond acceptors (Lipinski definition) is 3. The molecule has 0 saturated heterocycles. The zero-order valence-corrected chi connectivity index (χ0v) is 12.7. The Hall–Kier alpha value is -2.52. The summed E-state index contributed by atoms with van der Waals surface area (Å²) in [5.41, 5.74) is -0.144. The number of sulfonamides is 1. The van der Waals surface area contributed by atoms with Crippen molar-refractivity contribution in [1.29, 1.82) is 0 Å². The molecule has 0 bridgehead atoms. The minimum Gasteiger partial charge on any atom is -0.507 e. The van der Waals surface area contributed by atoms with Gasteiger partial charge in [0.25, 0.3) is 0 Å². The SMILES string of the molecule is NS(=O)(=O)c1c[nH]c2c(-c3ccc(C(F)(F)F)cc3O)cccc12. The number of H-pyrrole nitrogens is 1. The van der Waals surface area contributed by atoms with Crippen molar-refractivity contribution >= 4 is 20.9 Å². The van der Waals surface area contributed by atoms with Crippen LogP contribution in [0.5, 0.6) is 5.75 Å². The van der Waals surface area contributed by atoms with Crippen LogP contribution in [-0.4, -0.2) is 18.5 Å². The lowest BCUT2D eigenvalue weighted by Gasteiger charge is -2.11. The number of phenolic OH excluding ortho intramolecular Hbond substituents is 1. The van der Waals surface area contributed by atoms with E-state index in [1.165, 1.54) is 18.3 Å². The number of nitrogens with two attached hydrogens (primary N) is 1. The topological polar surface area (TPSA) is 96.2 Å². The molecule has 0 spiro atoms. The maximum absolute atomic E-state index is 12.7. The summed E-state index contributed by atoms with van der Waals surface area (Å²) in [7, 11) is -3.96. The first-order chi connectivity index (χ1) is 11.1. The molecular weight excluding hydrogens is 345 g/mol. The fourth-order valence-electron chi connectivity index (χ4n) is 2.52. The summed E-state index contributed by atoms with van der Waals surface area (Å²) in [6.45, 7) is 0. The molecule has 4 N–H and O–H groups in total. The summed E-state index contributed by atoms with van der Waals surface area (Å²) < 4.78 is 61.2. The fourth-order valence-corrected chi connectivity index (χ4v) is 3.22. The first-order valence-corrected chi connectivity index (χ1v) is 8.17. The average molecular weight is 356 g/mol. The maximum Gasteiger partial charge on any atom is 0.416 e. The normalized spacial score (nSPS) is 12.7. The van der Waals surface area contributed by atoms with Crippen molar-refractivity contribution in [2.45, 2.75) is 11.1 Å². The van der Waals surface area contributed by atoms with Crippen molar-refractivity contribution in [3.8, 4) is 16.9 Å². The molecule has 0 saturated carbocycles. The van der Waals surface area contributed by atoms with E-state index in [4.69, 9.17) is 5.14 Å². The number of phenols is 1. The molecule has 3 rings (SSSR count). The molecule has 2 aromatic carbocycles. The first kappa shape index (κ1) is 16.3. The molecule has 0 radical (unpaired) electrons. The number of aromatic amines is 1. The fraction of sp³-hybridized carbons (Fsp3) is 0.0667. The Morgan fingerprint density at radius 3 is 2.38 bits per heavy atom. The van der Waals surface area contributed by atoms with Gasteiger partial charge in [0.1, 0.15) is 10.6 Å². The molecule has 0 aliphatic rings. The van der Waals surface area contributed by atoms with Gasteiger partial charge in [-0.1, -0.05) is 18.2 Å². The van der Waals surface area contributed by atoms with Gasteiger partial charge in [0.15, 0.2) is 0 Å². The highest BCUT2D eigenvalue weighted by atomic mass is 32.2. The van der Waals surface area contributed by atoms with Gasteiger partial charge in [-0.3, -0.25) is 0 Å². The lowest BCUT2D eigenvalue weighted by atomic mass is 10.0. The van der Waals surface area contributed by atoms with Crippen LogP contribution in [0.15, 0.2) is 47.5 Å². The van der Waals surface area contributed by atoms with E-state index < -0.39 is 27.5 Å². The number of nitrogens with one attached hydrogen (secondary N) is 1. The van der Waals surface area contributed by atoms with Crippen molar-refractivity contribution in [2.75, 3.05) is 0 Å². The molecule has 0 fully saturated rings. The molecule has 0 aliphatic carbocycles. The van der Waals surface area contributed by atoms with Gasteiger partial charge in [-0.15, -0.1) is 0 Å². The van der Waals surface area contributed by atoms with Gasteiger partial charge < -0.3 is 10.1 Å². The van der Waals surface area contributed by atoms with Crippen molar-refractivity contribution < 1.29 is 26.7 Å². The summed E-state index contributed by atoms with van der Waals surface area (Å²) >= 11 is 0. The van der Waals surface area contributed by atoms with Crippen molar-refractivity contribution in [3.05, 3.63) is 48.2 Å². The Morgan fingerprint density at radius 2 is 1.79 bits per heavy atom. The number of aromatic hydroxyl groups is 1. The van der Waals surface area contributed by atoms with Gasteiger partial charge >= 0.3 is 6.18 Å². The Kier molecular flexibility index (Phi) is 3.57. The van der Waals surface area contributed by atoms with Gasteiger partial charge in [-0.2, -0.15) is 13.2 Å². The number of alkyl halides is 3. The van der Waals surface area contributed by atoms with Crippen LogP contribution in [0, 0.1) is 0 Å². The molecule has 1 aromatic heterocycles. The smallest absolute Gasteiger partial charge is 0.416 e. The molecule has 9 heteroatoms. The quantitative estimate of drug-likeness (QED) is 0.658. The third-order valence-corrected chi connectivity index (χ3v) is 4.55. The van der Waals surface area contributed by atoms with E-state index in [-0.39, 0.29) is 15.8 Å².